The van der Waals surface area contributed by atoms with Crippen LogP contribution in [0.25, 0.3) is 6.08 Å². The fourth-order valence-corrected chi connectivity index (χ4v) is 6.18. The third kappa shape index (κ3) is 7.22. The van der Waals surface area contributed by atoms with Gasteiger partial charge in [0, 0.05) is 51.4 Å². The van der Waals surface area contributed by atoms with Crippen molar-refractivity contribution in [2.45, 2.75) is 4.90 Å². The van der Waals surface area contributed by atoms with Crippen LogP contribution in [0.1, 0.15) is 15.9 Å². The standard InChI is InChI=1S/C30H34ClN3O5S/c1-38-25-13-15-26(16-14-25)40(36,37)34-22-19-32(20-23-34)18-21-33(30(35)27-10-4-5-11-28(27)31)17-7-9-24-8-3-6-12-29(24)39-2/h3-16H,17-23H2,1-2H3/b9-7+. The van der Waals surface area contributed by atoms with Crippen molar-refractivity contribution in [3.63, 3.8) is 0 Å². The van der Waals surface area contributed by atoms with Crippen LogP contribution >= 0.6 is 11.6 Å². The Kier molecular flexibility index (Phi) is 10.2. The number of benzene rings is 3. The van der Waals surface area contributed by atoms with Crippen LogP contribution in [0, 0.1) is 0 Å². The van der Waals surface area contributed by atoms with Gasteiger partial charge in [-0.25, -0.2) is 8.42 Å². The molecular weight excluding hydrogens is 550 g/mol. The minimum absolute atomic E-state index is 0.156. The zero-order valence-corrected chi connectivity index (χ0v) is 24.3. The number of rotatable bonds is 11. The van der Waals surface area contributed by atoms with Gasteiger partial charge in [-0.3, -0.25) is 9.69 Å². The molecule has 1 heterocycles. The van der Waals surface area contributed by atoms with Crippen molar-refractivity contribution >= 4 is 33.6 Å². The van der Waals surface area contributed by atoms with Gasteiger partial charge in [0.05, 0.1) is 29.7 Å². The fourth-order valence-electron chi connectivity index (χ4n) is 4.54. The summed E-state index contributed by atoms with van der Waals surface area (Å²) in [5, 5.41) is 0.406. The van der Waals surface area contributed by atoms with E-state index in [0.29, 0.717) is 62.1 Å². The first-order valence-electron chi connectivity index (χ1n) is 13.0. The zero-order chi connectivity index (χ0) is 28.5. The molecule has 1 saturated heterocycles. The average Bonchev–Trinajstić information content (AvgIpc) is 2.99. The highest BCUT2D eigenvalue weighted by Crippen LogP contribution is 2.22. The highest BCUT2D eigenvalue weighted by molar-refractivity contribution is 7.89. The van der Waals surface area contributed by atoms with Gasteiger partial charge >= 0.3 is 0 Å². The monoisotopic (exact) mass is 583 g/mol. The highest BCUT2D eigenvalue weighted by Gasteiger charge is 2.29. The van der Waals surface area contributed by atoms with Gasteiger partial charge in [0.25, 0.3) is 5.91 Å². The largest absolute Gasteiger partial charge is 0.497 e. The van der Waals surface area contributed by atoms with E-state index in [9.17, 15) is 13.2 Å². The quantitative estimate of drug-likeness (QED) is 0.330. The Hall–Kier alpha value is -3.37. The maximum absolute atomic E-state index is 13.5. The molecule has 0 N–H and O–H groups in total. The second kappa shape index (κ2) is 13.8. The number of piperazine rings is 1. The molecule has 8 nitrogen and oxygen atoms in total. The van der Waals surface area contributed by atoms with Crippen LogP contribution in [0.5, 0.6) is 11.5 Å². The fraction of sp³-hybridized carbons (Fsp3) is 0.300. The average molecular weight is 584 g/mol. The molecule has 0 radical (unpaired) electrons. The Morgan fingerprint density at radius 1 is 0.925 bits per heavy atom. The van der Waals surface area contributed by atoms with Crippen LogP contribution < -0.4 is 9.47 Å². The van der Waals surface area contributed by atoms with Gasteiger partial charge in [0.1, 0.15) is 11.5 Å². The molecule has 0 spiro atoms. The van der Waals surface area contributed by atoms with Gasteiger partial charge in [-0.05, 0) is 42.5 Å². The molecule has 1 amide bonds. The lowest BCUT2D eigenvalue weighted by molar-refractivity contribution is 0.0745. The number of hydrogen-bond acceptors (Lipinski definition) is 6. The molecule has 0 aliphatic carbocycles. The number of amides is 1. The van der Waals surface area contributed by atoms with Crippen molar-refractivity contribution in [1.82, 2.24) is 14.1 Å². The molecule has 3 aromatic carbocycles. The molecule has 3 aromatic rings. The van der Waals surface area contributed by atoms with Crippen LogP contribution in [-0.2, 0) is 10.0 Å². The Morgan fingerprint density at radius 2 is 1.60 bits per heavy atom. The number of sulfonamides is 1. The molecule has 1 fully saturated rings. The molecule has 1 aliphatic rings. The normalized spacial score (nSPS) is 14.8. The van der Waals surface area contributed by atoms with E-state index in [1.807, 2.05) is 36.4 Å². The lowest BCUT2D eigenvalue weighted by Crippen LogP contribution is -2.50. The van der Waals surface area contributed by atoms with E-state index in [2.05, 4.69) is 4.90 Å². The lowest BCUT2D eigenvalue weighted by atomic mass is 10.1. The summed E-state index contributed by atoms with van der Waals surface area (Å²) in [6.07, 6.45) is 3.88. The Bertz CT molecular complexity index is 1420. The van der Waals surface area contributed by atoms with E-state index in [0.717, 1.165) is 11.3 Å². The number of hydrogen-bond donors (Lipinski definition) is 0. The van der Waals surface area contributed by atoms with Crippen LogP contribution in [-0.4, -0.2) is 88.5 Å². The van der Waals surface area contributed by atoms with Gasteiger partial charge < -0.3 is 14.4 Å². The summed E-state index contributed by atoms with van der Waals surface area (Å²) in [5.74, 6) is 1.21. The number of carbonyl (C=O) groups excluding carboxylic acids is 1. The van der Waals surface area contributed by atoms with Gasteiger partial charge in [0.2, 0.25) is 10.0 Å². The minimum atomic E-state index is -3.59. The van der Waals surface area contributed by atoms with Gasteiger partial charge in [0.15, 0.2) is 0 Å². The first-order chi connectivity index (χ1) is 19.3. The minimum Gasteiger partial charge on any atom is -0.497 e. The molecule has 10 heteroatoms. The second-order valence-electron chi connectivity index (χ2n) is 9.30. The van der Waals surface area contributed by atoms with E-state index in [4.69, 9.17) is 21.1 Å². The van der Waals surface area contributed by atoms with Crippen LogP contribution in [0.4, 0.5) is 0 Å². The molecule has 0 aromatic heterocycles. The summed E-state index contributed by atoms with van der Waals surface area (Å²) >= 11 is 6.35. The van der Waals surface area contributed by atoms with Crippen LogP contribution in [0.15, 0.2) is 83.8 Å². The predicted octanol–water partition coefficient (Wildman–Crippen LogP) is 4.52. The maximum atomic E-state index is 13.5. The topological polar surface area (TPSA) is 79.4 Å². The summed E-state index contributed by atoms with van der Waals surface area (Å²) in [4.78, 5) is 17.6. The van der Waals surface area contributed by atoms with Crippen LogP contribution in [0.3, 0.4) is 0 Å². The molecule has 0 saturated carbocycles. The van der Waals surface area contributed by atoms with Crippen LogP contribution in [0.2, 0.25) is 5.02 Å². The summed E-state index contributed by atoms with van der Waals surface area (Å²) in [7, 11) is -0.416. The van der Waals surface area contributed by atoms with E-state index in [1.54, 1.807) is 67.7 Å². The summed E-state index contributed by atoms with van der Waals surface area (Å²) in [6.45, 7) is 3.34. The van der Waals surface area contributed by atoms with Crippen molar-refractivity contribution in [3.8, 4) is 11.5 Å². The first-order valence-corrected chi connectivity index (χ1v) is 14.8. The second-order valence-corrected chi connectivity index (χ2v) is 11.6. The SMILES string of the molecule is COc1ccc(S(=O)(=O)N2CCN(CCN(C/C=C/c3ccccc3OC)C(=O)c3ccccc3Cl)CC2)cc1. The molecule has 0 bridgehead atoms. The van der Waals surface area contributed by atoms with Crippen molar-refractivity contribution in [2.75, 3.05) is 60.0 Å². The van der Waals surface area contributed by atoms with E-state index in [1.165, 1.54) is 4.31 Å². The number of halogens is 1. The van der Waals surface area contributed by atoms with Crippen molar-refractivity contribution in [1.29, 1.82) is 0 Å². The van der Waals surface area contributed by atoms with Crippen molar-refractivity contribution in [3.05, 3.63) is 95.0 Å². The molecular formula is C30H34ClN3O5S. The van der Waals surface area contributed by atoms with Crippen molar-refractivity contribution < 1.29 is 22.7 Å². The third-order valence-electron chi connectivity index (χ3n) is 6.87. The number of ether oxygens (including phenoxy) is 2. The number of carbonyl (C=O) groups is 1. The zero-order valence-electron chi connectivity index (χ0n) is 22.7. The summed E-state index contributed by atoms with van der Waals surface area (Å²) < 4.78 is 38.3. The smallest absolute Gasteiger partial charge is 0.255 e. The Morgan fingerprint density at radius 3 is 2.27 bits per heavy atom. The summed E-state index contributed by atoms with van der Waals surface area (Å²) in [5.41, 5.74) is 1.37. The van der Waals surface area contributed by atoms with Gasteiger partial charge in [-0.2, -0.15) is 4.31 Å². The first kappa shape index (κ1) is 29.6. The molecule has 0 atom stereocenters. The molecule has 40 heavy (non-hydrogen) atoms. The maximum Gasteiger partial charge on any atom is 0.255 e. The van der Waals surface area contributed by atoms with E-state index >= 15 is 0 Å². The third-order valence-corrected chi connectivity index (χ3v) is 9.11. The predicted molar refractivity (Wildman–Crippen MR) is 158 cm³/mol. The van der Waals surface area contributed by atoms with Gasteiger partial charge in [-0.15, -0.1) is 0 Å². The van der Waals surface area contributed by atoms with Gasteiger partial charge in [-0.1, -0.05) is 54.1 Å². The molecule has 1 aliphatic heterocycles. The number of para-hydroxylation sites is 1. The molecule has 212 valence electrons. The molecule has 0 unspecified atom stereocenters. The Labute approximate surface area is 241 Å². The lowest BCUT2D eigenvalue weighted by Gasteiger charge is -2.35. The van der Waals surface area contributed by atoms with E-state index in [-0.39, 0.29) is 10.8 Å². The summed E-state index contributed by atoms with van der Waals surface area (Å²) in [6, 6.07) is 21.1. The Balaban J connectivity index is 1.40. The van der Waals surface area contributed by atoms with Crippen molar-refractivity contribution in [2.24, 2.45) is 0 Å². The number of methoxy groups -OCH3 is 2. The molecule has 4 rings (SSSR count). The highest BCUT2D eigenvalue weighted by atomic mass is 35.5. The van der Waals surface area contributed by atoms with E-state index < -0.39 is 10.0 Å². The number of nitrogens with zero attached hydrogens (tertiary/aromatic N) is 3.